The first-order chi connectivity index (χ1) is 4.41. The second kappa shape index (κ2) is 2.92. The van der Waals surface area contributed by atoms with Crippen LogP contribution in [0.1, 0.15) is 0 Å². The van der Waals surface area contributed by atoms with Crippen LogP contribution in [0.2, 0.25) is 0 Å². The standard InChI is InChI=1S/C6H10N2O2.ClH/c7-5(9)1-2-6(8,10)4-3-5;/h1-4,9-10H,7-8H2;1H. The SMILES string of the molecule is Cl.NC1(O)C=CC(N)(O)C=C1. The lowest BCUT2D eigenvalue weighted by molar-refractivity contribution is 0.114. The van der Waals surface area contributed by atoms with Crippen LogP contribution in [0.3, 0.4) is 0 Å². The van der Waals surface area contributed by atoms with E-state index in [2.05, 4.69) is 0 Å². The fraction of sp³-hybridized carbons (Fsp3) is 0.333. The van der Waals surface area contributed by atoms with Gasteiger partial charge in [-0.25, -0.2) is 0 Å². The highest BCUT2D eigenvalue weighted by atomic mass is 35.5. The quantitative estimate of drug-likeness (QED) is 0.278. The predicted molar refractivity (Wildman–Crippen MR) is 43.8 cm³/mol. The van der Waals surface area contributed by atoms with Crippen LogP contribution in [0.25, 0.3) is 0 Å². The number of halogens is 1. The smallest absolute Gasteiger partial charge is 0.152 e. The van der Waals surface area contributed by atoms with Crippen molar-refractivity contribution >= 4 is 12.4 Å². The molecule has 0 spiro atoms. The van der Waals surface area contributed by atoms with E-state index in [0.29, 0.717) is 0 Å². The first-order valence-corrected chi connectivity index (χ1v) is 2.85. The van der Waals surface area contributed by atoms with Gasteiger partial charge in [-0.3, -0.25) is 11.5 Å². The third-order valence-electron chi connectivity index (χ3n) is 1.23. The van der Waals surface area contributed by atoms with Gasteiger partial charge in [-0.2, -0.15) is 0 Å². The molecule has 1 aliphatic rings. The Bertz CT molecular complexity index is 161. The van der Waals surface area contributed by atoms with E-state index in [1.165, 1.54) is 24.3 Å². The van der Waals surface area contributed by atoms with Gasteiger partial charge in [-0.15, -0.1) is 12.4 Å². The van der Waals surface area contributed by atoms with Crippen molar-refractivity contribution in [3.8, 4) is 0 Å². The van der Waals surface area contributed by atoms with Crippen LogP contribution in [0.4, 0.5) is 0 Å². The van der Waals surface area contributed by atoms with Crippen molar-refractivity contribution < 1.29 is 10.2 Å². The average molecular weight is 179 g/mol. The molecule has 0 amide bonds. The maximum Gasteiger partial charge on any atom is 0.152 e. The molecule has 1 aliphatic carbocycles. The summed E-state index contributed by atoms with van der Waals surface area (Å²) in [7, 11) is 0. The zero-order valence-electron chi connectivity index (χ0n) is 5.77. The third-order valence-corrected chi connectivity index (χ3v) is 1.23. The highest BCUT2D eigenvalue weighted by Crippen LogP contribution is 2.12. The van der Waals surface area contributed by atoms with Gasteiger partial charge in [0.05, 0.1) is 0 Å². The first-order valence-electron chi connectivity index (χ1n) is 2.85. The van der Waals surface area contributed by atoms with Crippen LogP contribution in [-0.2, 0) is 0 Å². The lowest BCUT2D eigenvalue weighted by atomic mass is 10.0. The van der Waals surface area contributed by atoms with Gasteiger partial charge >= 0.3 is 0 Å². The fourth-order valence-corrected chi connectivity index (χ4v) is 0.645. The van der Waals surface area contributed by atoms with Crippen LogP contribution in [-0.4, -0.2) is 21.7 Å². The summed E-state index contributed by atoms with van der Waals surface area (Å²) < 4.78 is 0. The molecule has 0 aromatic carbocycles. The zero-order chi connectivity index (χ0) is 7.83. The molecule has 0 aliphatic heterocycles. The minimum absolute atomic E-state index is 0. The van der Waals surface area contributed by atoms with E-state index < -0.39 is 11.4 Å². The monoisotopic (exact) mass is 178 g/mol. The number of aliphatic hydroxyl groups is 2. The van der Waals surface area contributed by atoms with Crippen molar-refractivity contribution in [1.29, 1.82) is 0 Å². The summed E-state index contributed by atoms with van der Waals surface area (Å²) in [5.41, 5.74) is 7.49. The maximum atomic E-state index is 9.04. The van der Waals surface area contributed by atoms with Gasteiger partial charge < -0.3 is 10.2 Å². The van der Waals surface area contributed by atoms with Crippen LogP contribution in [0.15, 0.2) is 24.3 Å². The largest absolute Gasteiger partial charge is 0.369 e. The molecule has 0 aromatic heterocycles. The van der Waals surface area contributed by atoms with Crippen LogP contribution < -0.4 is 11.5 Å². The van der Waals surface area contributed by atoms with E-state index in [-0.39, 0.29) is 12.4 Å². The van der Waals surface area contributed by atoms with Gasteiger partial charge in [-0.05, 0) is 24.3 Å². The van der Waals surface area contributed by atoms with Gasteiger partial charge in [-0.1, -0.05) is 0 Å². The van der Waals surface area contributed by atoms with Crippen LogP contribution >= 0.6 is 12.4 Å². The van der Waals surface area contributed by atoms with E-state index in [1.54, 1.807) is 0 Å². The van der Waals surface area contributed by atoms with Gasteiger partial charge in [0.2, 0.25) is 0 Å². The summed E-state index contributed by atoms with van der Waals surface area (Å²) in [6.45, 7) is 0. The molecular formula is C6H11ClN2O2. The molecule has 6 N–H and O–H groups in total. The summed E-state index contributed by atoms with van der Waals surface area (Å²) in [6.07, 6.45) is 4.92. The minimum Gasteiger partial charge on any atom is -0.369 e. The summed E-state index contributed by atoms with van der Waals surface area (Å²) in [4.78, 5) is 0. The molecule has 0 fully saturated rings. The second-order valence-corrected chi connectivity index (χ2v) is 2.44. The minimum atomic E-state index is -1.47. The summed E-state index contributed by atoms with van der Waals surface area (Å²) in [6, 6.07) is 0. The number of hydrogen-bond acceptors (Lipinski definition) is 4. The Morgan fingerprint density at radius 2 is 1.00 bits per heavy atom. The highest BCUT2D eigenvalue weighted by Gasteiger charge is 2.23. The third kappa shape index (κ3) is 3.00. The van der Waals surface area contributed by atoms with Crippen molar-refractivity contribution in [3.63, 3.8) is 0 Å². The lowest BCUT2D eigenvalue weighted by Crippen LogP contribution is -2.44. The first kappa shape index (κ1) is 10.6. The summed E-state index contributed by atoms with van der Waals surface area (Å²) >= 11 is 0. The predicted octanol–water partition coefficient (Wildman–Crippen LogP) is -1.17. The van der Waals surface area contributed by atoms with E-state index in [4.69, 9.17) is 21.7 Å². The van der Waals surface area contributed by atoms with Crippen molar-refractivity contribution in [2.24, 2.45) is 11.5 Å². The van der Waals surface area contributed by atoms with E-state index in [0.717, 1.165) is 0 Å². The highest BCUT2D eigenvalue weighted by molar-refractivity contribution is 5.85. The summed E-state index contributed by atoms with van der Waals surface area (Å²) in [5.74, 6) is 0. The Balaban J connectivity index is 0.000001000. The molecule has 11 heavy (non-hydrogen) atoms. The number of nitrogens with two attached hydrogens (primary N) is 2. The fourth-order valence-electron chi connectivity index (χ4n) is 0.645. The summed E-state index contributed by atoms with van der Waals surface area (Å²) in [5, 5.41) is 18.1. The molecular weight excluding hydrogens is 168 g/mol. The van der Waals surface area contributed by atoms with Crippen molar-refractivity contribution in [3.05, 3.63) is 24.3 Å². The van der Waals surface area contributed by atoms with Gasteiger partial charge in [0.25, 0.3) is 0 Å². The molecule has 0 aromatic rings. The zero-order valence-corrected chi connectivity index (χ0v) is 6.58. The molecule has 5 heteroatoms. The molecule has 0 radical (unpaired) electrons. The normalized spacial score (nSPS) is 41.8. The molecule has 1 rings (SSSR count). The molecule has 0 saturated carbocycles. The molecule has 0 unspecified atom stereocenters. The Kier molecular flexibility index (Phi) is 2.82. The van der Waals surface area contributed by atoms with Gasteiger partial charge in [0.1, 0.15) is 0 Å². The van der Waals surface area contributed by atoms with Gasteiger partial charge in [0.15, 0.2) is 11.4 Å². The molecule has 64 valence electrons. The Hall–Kier alpha value is -0.390. The molecule has 0 saturated heterocycles. The average Bonchev–Trinajstić information content (AvgIpc) is 1.79. The number of rotatable bonds is 0. The Morgan fingerprint density at radius 1 is 0.818 bits per heavy atom. The molecule has 0 atom stereocenters. The van der Waals surface area contributed by atoms with Crippen molar-refractivity contribution in [2.75, 3.05) is 0 Å². The molecule has 0 heterocycles. The Morgan fingerprint density at radius 3 is 1.18 bits per heavy atom. The van der Waals surface area contributed by atoms with E-state index in [1.807, 2.05) is 0 Å². The van der Waals surface area contributed by atoms with Gasteiger partial charge in [0, 0.05) is 0 Å². The van der Waals surface area contributed by atoms with E-state index >= 15 is 0 Å². The number of hydrogen-bond donors (Lipinski definition) is 4. The van der Waals surface area contributed by atoms with Crippen molar-refractivity contribution in [1.82, 2.24) is 0 Å². The van der Waals surface area contributed by atoms with Crippen LogP contribution in [0.5, 0.6) is 0 Å². The Labute approximate surface area is 70.6 Å². The topological polar surface area (TPSA) is 92.5 Å². The lowest BCUT2D eigenvalue weighted by Gasteiger charge is -2.24. The van der Waals surface area contributed by atoms with E-state index in [9.17, 15) is 0 Å². The molecule has 0 bridgehead atoms. The maximum absolute atomic E-state index is 9.04. The second-order valence-electron chi connectivity index (χ2n) is 2.44. The van der Waals surface area contributed by atoms with Crippen molar-refractivity contribution in [2.45, 2.75) is 11.4 Å². The molecule has 4 nitrogen and oxygen atoms in total. The van der Waals surface area contributed by atoms with Crippen LogP contribution in [0, 0.1) is 0 Å².